The molecule has 0 spiro atoms. The van der Waals surface area contributed by atoms with Gasteiger partial charge in [-0.1, -0.05) is 42.5 Å². The van der Waals surface area contributed by atoms with Crippen molar-refractivity contribution in [2.24, 2.45) is 0 Å². The summed E-state index contributed by atoms with van der Waals surface area (Å²) in [4.78, 5) is 25.7. The lowest BCUT2D eigenvalue weighted by Gasteiger charge is -2.16. The van der Waals surface area contributed by atoms with Crippen LogP contribution in [0.1, 0.15) is 11.1 Å². The Kier molecular flexibility index (Phi) is 7.40. The molecule has 0 fully saturated rings. The summed E-state index contributed by atoms with van der Waals surface area (Å²) in [5.41, 5.74) is 3.55. The van der Waals surface area contributed by atoms with Gasteiger partial charge in [-0.2, -0.15) is 0 Å². The maximum Gasteiger partial charge on any atom is 0.279 e. The van der Waals surface area contributed by atoms with E-state index in [-0.39, 0.29) is 24.9 Å². The third-order valence-corrected chi connectivity index (χ3v) is 4.94. The average Bonchev–Trinajstić information content (AvgIpc) is 2.73. The highest BCUT2D eigenvalue weighted by molar-refractivity contribution is 5.94. The van der Waals surface area contributed by atoms with Crippen LogP contribution in [0.25, 0.3) is 0 Å². The number of hydrogen-bond acceptors (Lipinski definition) is 3. The predicted molar refractivity (Wildman–Crippen MR) is 123 cm³/mol. The Bertz CT molecular complexity index is 1050. The van der Waals surface area contributed by atoms with Crippen molar-refractivity contribution in [2.75, 3.05) is 30.8 Å². The number of para-hydroxylation sites is 3. The first kappa shape index (κ1) is 22.1. The number of quaternary nitrogens is 1. The van der Waals surface area contributed by atoms with Crippen molar-refractivity contribution in [1.82, 2.24) is 0 Å². The number of benzene rings is 3. The summed E-state index contributed by atoms with van der Waals surface area (Å²) in [5.74, 6) is 0.926. The molecular formula is C25H28N3O3+. The highest BCUT2D eigenvalue weighted by Gasteiger charge is 2.16. The van der Waals surface area contributed by atoms with Gasteiger partial charge in [0.25, 0.3) is 11.8 Å². The number of anilines is 2. The Hall–Kier alpha value is -3.64. The van der Waals surface area contributed by atoms with Crippen molar-refractivity contribution in [3.63, 3.8) is 0 Å². The van der Waals surface area contributed by atoms with Crippen molar-refractivity contribution in [2.45, 2.75) is 13.8 Å². The van der Waals surface area contributed by atoms with Crippen LogP contribution in [0.2, 0.25) is 0 Å². The molecule has 3 aromatic carbocycles. The standard InChI is InChI=1S/C25H27N3O3/c1-18-10-9-14-21(19(18)2)26-24(29)16-28(3)17-25(30)27-22-13-7-8-15-23(22)31-20-11-5-4-6-12-20/h4-15H,16-17H2,1-3H3,(H,26,29)(H,27,30)/p+1. The number of rotatable bonds is 8. The van der Waals surface area contributed by atoms with E-state index in [0.29, 0.717) is 17.2 Å². The molecule has 31 heavy (non-hydrogen) atoms. The molecule has 1 atom stereocenters. The van der Waals surface area contributed by atoms with Crippen LogP contribution >= 0.6 is 0 Å². The summed E-state index contributed by atoms with van der Waals surface area (Å²) in [6.07, 6.45) is 0. The van der Waals surface area contributed by atoms with Crippen molar-refractivity contribution >= 4 is 23.2 Å². The van der Waals surface area contributed by atoms with Gasteiger partial charge in [-0.3, -0.25) is 9.59 Å². The van der Waals surface area contributed by atoms with Crippen molar-refractivity contribution in [1.29, 1.82) is 0 Å². The average molecular weight is 419 g/mol. The predicted octanol–water partition coefficient (Wildman–Crippen LogP) is 3.19. The van der Waals surface area contributed by atoms with Gasteiger partial charge in [-0.25, -0.2) is 0 Å². The number of nitrogens with one attached hydrogen (secondary N) is 3. The molecule has 0 saturated heterocycles. The molecule has 0 heterocycles. The molecule has 0 aliphatic carbocycles. The second-order valence-corrected chi connectivity index (χ2v) is 7.57. The molecule has 0 aliphatic rings. The highest BCUT2D eigenvalue weighted by Crippen LogP contribution is 2.28. The smallest absolute Gasteiger partial charge is 0.279 e. The van der Waals surface area contributed by atoms with E-state index in [4.69, 9.17) is 4.74 Å². The molecular weight excluding hydrogens is 390 g/mol. The Balaban J connectivity index is 1.55. The van der Waals surface area contributed by atoms with Gasteiger partial charge in [0.15, 0.2) is 18.8 Å². The van der Waals surface area contributed by atoms with Crippen molar-refractivity contribution in [3.05, 3.63) is 83.9 Å². The topological polar surface area (TPSA) is 71.9 Å². The first-order chi connectivity index (χ1) is 14.9. The molecule has 0 saturated carbocycles. The zero-order valence-corrected chi connectivity index (χ0v) is 18.1. The van der Waals surface area contributed by atoms with Crippen LogP contribution < -0.4 is 20.3 Å². The van der Waals surface area contributed by atoms with Crippen LogP contribution in [0.15, 0.2) is 72.8 Å². The molecule has 0 radical (unpaired) electrons. The normalized spacial score (nSPS) is 11.5. The third-order valence-electron chi connectivity index (χ3n) is 4.94. The molecule has 0 aromatic heterocycles. The third kappa shape index (κ3) is 6.42. The summed E-state index contributed by atoms with van der Waals surface area (Å²) < 4.78 is 5.88. The molecule has 0 bridgehead atoms. The van der Waals surface area contributed by atoms with Gasteiger partial charge in [0.1, 0.15) is 5.75 Å². The maximum atomic E-state index is 12.5. The van der Waals surface area contributed by atoms with Crippen molar-refractivity contribution < 1.29 is 19.2 Å². The maximum absolute atomic E-state index is 12.5. The summed E-state index contributed by atoms with van der Waals surface area (Å²) in [7, 11) is 1.81. The van der Waals surface area contributed by atoms with Crippen LogP contribution in [0.4, 0.5) is 11.4 Å². The van der Waals surface area contributed by atoms with Crippen LogP contribution in [-0.2, 0) is 9.59 Å². The Labute approximate surface area is 182 Å². The Morgan fingerprint density at radius 2 is 1.35 bits per heavy atom. The zero-order chi connectivity index (χ0) is 22.2. The second kappa shape index (κ2) is 10.4. The second-order valence-electron chi connectivity index (χ2n) is 7.57. The van der Waals surface area contributed by atoms with Gasteiger partial charge in [-0.15, -0.1) is 0 Å². The molecule has 2 amide bonds. The first-order valence-corrected chi connectivity index (χ1v) is 10.2. The van der Waals surface area contributed by atoms with Crippen molar-refractivity contribution in [3.8, 4) is 11.5 Å². The number of ether oxygens (including phenoxy) is 1. The van der Waals surface area contributed by atoms with Gasteiger partial charge < -0.3 is 20.3 Å². The number of aryl methyl sites for hydroxylation is 1. The van der Waals surface area contributed by atoms with E-state index >= 15 is 0 Å². The van der Waals surface area contributed by atoms with Crippen LogP contribution in [0.3, 0.4) is 0 Å². The molecule has 1 unspecified atom stereocenters. The SMILES string of the molecule is Cc1cccc(NC(=O)C[NH+](C)CC(=O)Nc2ccccc2Oc2ccccc2)c1C. The molecule has 6 heteroatoms. The van der Waals surface area contributed by atoms with Crippen LogP contribution in [-0.4, -0.2) is 32.0 Å². The van der Waals surface area contributed by atoms with Gasteiger partial charge in [-0.05, 0) is 55.3 Å². The van der Waals surface area contributed by atoms with Gasteiger partial charge in [0.2, 0.25) is 0 Å². The largest absolute Gasteiger partial charge is 0.455 e. The van der Waals surface area contributed by atoms with E-state index in [2.05, 4.69) is 10.6 Å². The molecule has 3 N–H and O–H groups in total. The molecule has 3 aromatic rings. The van der Waals surface area contributed by atoms with Gasteiger partial charge in [0, 0.05) is 5.69 Å². The van der Waals surface area contributed by atoms with E-state index in [0.717, 1.165) is 21.7 Å². The molecule has 160 valence electrons. The monoisotopic (exact) mass is 418 g/mol. The van der Waals surface area contributed by atoms with E-state index in [1.54, 1.807) is 12.1 Å². The fraction of sp³-hybridized carbons (Fsp3) is 0.200. The number of hydrogen-bond donors (Lipinski definition) is 3. The zero-order valence-electron chi connectivity index (χ0n) is 18.1. The summed E-state index contributed by atoms with van der Waals surface area (Å²) in [6.45, 7) is 4.32. The van der Waals surface area contributed by atoms with E-state index in [9.17, 15) is 9.59 Å². The minimum Gasteiger partial charge on any atom is -0.455 e. The fourth-order valence-corrected chi connectivity index (χ4v) is 3.16. The van der Waals surface area contributed by atoms with E-state index < -0.39 is 0 Å². The first-order valence-electron chi connectivity index (χ1n) is 10.2. The number of carbonyl (C=O) groups excluding carboxylic acids is 2. The highest BCUT2D eigenvalue weighted by atomic mass is 16.5. The van der Waals surface area contributed by atoms with E-state index in [1.807, 2.05) is 81.6 Å². The van der Waals surface area contributed by atoms with Gasteiger partial charge in [0.05, 0.1) is 12.7 Å². The molecule has 6 nitrogen and oxygen atoms in total. The van der Waals surface area contributed by atoms with Crippen LogP contribution in [0, 0.1) is 13.8 Å². The summed E-state index contributed by atoms with van der Waals surface area (Å²) >= 11 is 0. The van der Waals surface area contributed by atoms with E-state index in [1.165, 1.54) is 0 Å². The molecule has 3 rings (SSSR count). The quantitative estimate of drug-likeness (QED) is 0.526. The number of likely N-dealkylation sites (N-methyl/N-ethyl adjacent to an activating group) is 1. The Morgan fingerprint density at radius 1 is 0.774 bits per heavy atom. The van der Waals surface area contributed by atoms with Crippen LogP contribution in [0.5, 0.6) is 11.5 Å². The summed E-state index contributed by atoms with van der Waals surface area (Å²) in [5, 5.41) is 5.81. The lowest BCUT2D eigenvalue weighted by Crippen LogP contribution is -3.11. The number of amides is 2. The van der Waals surface area contributed by atoms with Gasteiger partial charge >= 0.3 is 0 Å². The molecule has 0 aliphatic heterocycles. The fourth-order valence-electron chi connectivity index (χ4n) is 3.16. The lowest BCUT2D eigenvalue weighted by molar-refractivity contribution is -0.862. The Morgan fingerprint density at radius 3 is 2.06 bits per heavy atom. The minimum absolute atomic E-state index is 0.133. The number of carbonyl (C=O) groups is 2. The minimum atomic E-state index is -0.193. The summed E-state index contributed by atoms with van der Waals surface area (Å²) in [6, 6.07) is 22.5. The lowest BCUT2D eigenvalue weighted by atomic mass is 10.1.